The van der Waals surface area contributed by atoms with Gasteiger partial charge in [0.15, 0.2) is 0 Å². The summed E-state index contributed by atoms with van der Waals surface area (Å²) in [5, 5.41) is 21.4. The fourth-order valence-electron chi connectivity index (χ4n) is 2.62. The SMILES string of the molecule is CCc1ccccc1CNC(=O)N1CC(O)CC1C(=O)O. The van der Waals surface area contributed by atoms with Gasteiger partial charge in [0.2, 0.25) is 0 Å². The van der Waals surface area contributed by atoms with Gasteiger partial charge in [0.05, 0.1) is 6.10 Å². The molecule has 3 N–H and O–H groups in total. The molecule has 21 heavy (non-hydrogen) atoms. The first-order chi connectivity index (χ1) is 10.0. The molecule has 114 valence electrons. The Labute approximate surface area is 123 Å². The number of carboxylic acid groups (broad SMARTS) is 1. The number of carbonyl (C=O) groups is 2. The molecule has 0 bridgehead atoms. The molecule has 1 fully saturated rings. The van der Waals surface area contributed by atoms with Gasteiger partial charge in [-0.2, -0.15) is 0 Å². The van der Waals surface area contributed by atoms with Crippen LogP contribution in [0, 0.1) is 0 Å². The molecule has 2 rings (SSSR count). The topological polar surface area (TPSA) is 89.9 Å². The van der Waals surface area contributed by atoms with Crippen LogP contribution in [0.4, 0.5) is 4.79 Å². The number of urea groups is 1. The zero-order valence-corrected chi connectivity index (χ0v) is 12.0. The van der Waals surface area contributed by atoms with E-state index in [1.165, 1.54) is 4.90 Å². The Bertz CT molecular complexity index is 532. The predicted molar refractivity (Wildman–Crippen MR) is 76.8 cm³/mol. The number of hydrogen-bond acceptors (Lipinski definition) is 3. The van der Waals surface area contributed by atoms with E-state index < -0.39 is 24.1 Å². The number of aliphatic hydroxyl groups excluding tert-OH is 1. The van der Waals surface area contributed by atoms with Gasteiger partial charge in [-0.3, -0.25) is 0 Å². The largest absolute Gasteiger partial charge is 0.480 e. The third-order valence-electron chi connectivity index (χ3n) is 3.75. The third-order valence-corrected chi connectivity index (χ3v) is 3.75. The van der Waals surface area contributed by atoms with Gasteiger partial charge in [0, 0.05) is 19.5 Å². The van der Waals surface area contributed by atoms with Gasteiger partial charge < -0.3 is 20.4 Å². The van der Waals surface area contributed by atoms with Gasteiger partial charge in [-0.1, -0.05) is 31.2 Å². The summed E-state index contributed by atoms with van der Waals surface area (Å²) in [6, 6.07) is 6.38. The molecule has 0 radical (unpaired) electrons. The van der Waals surface area contributed by atoms with E-state index in [2.05, 4.69) is 5.32 Å². The first-order valence-corrected chi connectivity index (χ1v) is 7.05. The summed E-state index contributed by atoms with van der Waals surface area (Å²) in [4.78, 5) is 24.4. The molecule has 1 aromatic rings. The number of nitrogens with zero attached hydrogens (tertiary/aromatic N) is 1. The third kappa shape index (κ3) is 3.52. The number of rotatable bonds is 4. The average Bonchev–Trinajstić information content (AvgIpc) is 2.87. The lowest BCUT2D eigenvalue weighted by molar-refractivity contribution is -0.141. The first-order valence-electron chi connectivity index (χ1n) is 7.05. The summed E-state index contributed by atoms with van der Waals surface area (Å²) in [5.74, 6) is -1.09. The second-order valence-corrected chi connectivity index (χ2v) is 5.18. The number of β-amino-alcohol motifs (C(OH)–C–C–N with tert-alkyl or cyclic N) is 1. The normalized spacial score (nSPS) is 21.3. The number of aliphatic carboxylic acids is 1. The molecule has 1 aromatic carbocycles. The van der Waals surface area contributed by atoms with Crippen molar-refractivity contribution in [2.24, 2.45) is 0 Å². The van der Waals surface area contributed by atoms with Crippen LogP contribution in [0.25, 0.3) is 0 Å². The standard InChI is InChI=1S/C15H20N2O4/c1-2-10-5-3-4-6-11(10)8-16-15(21)17-9-12(18)7-13(17)14(19)20/h3-6,12-13,18H,2,7-9H2,1H3,(H,16,21)(H,19,20). The molecule has 1 aliphatic rings. The number of aryl methyl sites for hydroxylation is 1. The van der Waals surface area contributed by atoms with E-state index in [4.69, 9.17) is 5.11 Å². The van der Waals surface area contributed by atoms with E-state index in [9.17, 15) is 14.7 Å². The van der Waals surface area contributed by atoms with Crippen molar-refractivity contribution < 1.29 is 19.8 Å². The van der Waals surface area contributed by atoms with E-state index in [0.717, 1.165) is 17.5 Å². The Kier molecular flexibility index (Phi) is 4.80. The lowest BCUT2D eigenvalue weighted by atomic mass is 10.1. The Morgan fingerprint density at radius 1 is 1.33 bits per heavy atom. The summed E-state index contributed by atoms with van der Waals surface area (Å²) in [6.07, 6.45) is 0.167. The maximum absolute atomic E-state index is 12.1. The fourth-order valence-corrected chi connectivity index (χ4v) is 2.62. The van der Waals surface area contributed by atoms with Crippen molar-refractivity contribution in [3.63, 3.8) is 0 Å². The van der Waals surface area contributed by atoms with Crippen molar-refractivity contribution >= 4 is 12.0 Å². The van der Waals surface area contributed by atoms with Gasteiger partial charge in [-0.25, -0.2) is 9.59 Å². The molecule has 2 unspecified atom stereocenters. The summed E-state index contributed by atoms with van der Waals surface area (Å²) in [6.45, 7) is 2.44. The number of carbonyl (C=O) groups excluding carboxylic acids is 1. The van der Waals surface area contributed by atoms with Crippen molar-refractivity contribution in [3.05, 3.63) is 35.4 Å². The van der Waals surface area contributed by atoms with Crippen LogP contribution in [-0.4, -0.2) is 45.8 Å². The highest BCUT2D eigenvalue weighted by atomic mass is 16.4. The lowest BCUT2D eigenvalue weighted by Gasteiger charge is -2.22. The van der Waals surface area contributed by atoms with Crippen LogP contribution in [0.15, 0.2) is 24.3 Å². The molecule has 1 heterocycles. The Balaban J connectivity index is 2.00. The van der Waals surface area contributed by atoms with E-state index in [1.54, 1.807) is 0 Å². The number of carboxylic acids is 1. The number of amides is 2. The first kappa shape index (κ1) is 15.3. The monoisotopic (exact) mass is 292 g/mol. The van der Waals surface area contributed by atoms with Crippen LogP contribution < -0.4 is 5.32 Å². The van der Waals surface area contributed by atoms with E-state index in [-0.39, 0.29) is 13.0 Å². The van der Waals surface area contributed by atoms with Crippen LogP contribution in [-0.2, 0) is 17.8 Å². The second-order valence-electron chi connectivity index (χ2n) is 5.18. The van der Waals surface area contributed by atoms with Gasteiger partial charge in [-0.05, 0) is 17.5 Å². The summed E-state index contributed by atoms with van der Waals surface area (Å²) in [7, 11) is 0. The quantitative estimate of drug-likeness (QED) is 0.771. The summed E-state index contributed by atoms with van der Waals surface area (Å²) < 4.78 is 0. The minimum absolute atomic E-state index is 0.0538. The second kappa shape index (κ2) is 6.58. The number of likely N-dealkylation sites (tertiary alicyclic amines) is 1. The highest BCUT2D eigenvalue weighted by Gasteiger charge is 2.38. The molecule has 1 saturated heterocycles. The Hall–Kier alpha value is -2.08. The number of hydrogen-bond donors (Lipinski definition) is 3. The number of aliphatic hydroxyl groups is 1. The zero-order chi connectivity index (χ0) is 15.4. The Morgan fingerprint density at radius 3 is 2.62 bits per heavy atom. The van der Waals surface area contributed by atoms with E-state index in [1.807, 2.05) is 31.2 Å². The van der Waals surface area contributed by atoms with Crippen molar-refractivity contribution in [2.45, 2.75) is 38.5 Å². The van der Waals surface area contributed by atoms with Gasteiger partial charge in [-0.15, -0.1) is 0 Å². The molecule has 0 saturated carbocycles. The van der Waals surface area contributed by atoms with Gasteiger partial charge >= 0.3 is 12.0 Å². The molecule has 1 aliphatic heterocycles. The smallest absolute Gasteiger partial charge is 0.326 e. The van der Waals surface area contributed by atoms with Crippen molar-refractivity contribution in [1.82, 2.24) is 10.2 Å². The van der Waals surface area contributed by atoms with Crippen LogP contribution in [0.3, 0.4) is 0 Å². The molecular weight excluding hydrogens is 272 g/mol. The van der Waals surface area contributed by atoms with Crippen molar-refractivity contribution in [3.8, 4) is 0 Å². The van der Waals surface area contributed by atoms with Crippen LogP contribution in [0.5, 0.6) is 0 Å². The fraction of sp³-hybridized carbons (Fsp3) is 0.467. The number of nitrogens with one attached hydrogen (secondary N) is 1. The van der Waals surface area contributed by atoms with Gasteiger partial charge in [0.25, 0.3) is 0 Å². The highest BCUT2D eigenvalue weighted by molar-refractivity contribution is 5.83. The van der Waals surface area contributed by atoms with Crippen LogP contribution in [0.1, 0.15) is 24.5 Å². The van der Waals surface area contributed by atoms with Gasteiger partial charge in [0.1, 0.15) is 6.04 Å². The van der Waals surface area contributed by atoms with Crippen LogP contribution >= 0.6 is 0 Å². The average molecular weight is 292 g/mol. The summed E-state index contributed by atoms with van der Waals surface area (Å²) in [5.41, 5.74) is 2.16. The molecule has 0 aliphatic carbocycles. The van der Waals surface area contributed by atoms with E-state index >= 15 is 0 Å². The maximum atomic E-state index is 12.1. The Morgan fingerprint density at radius 2 is 2.00 bits per heavy atom. The minimum atomic E-state index is -1.09. The van der Waals surface area contributed by atoms with Crippen molar-refractivity contribution in [2.75, 3.05) is 6.54 Å². The lowest BCUT2D eigenvalue weighted by Crippen LogP contribution is -2.46. The molecule has 0 spiro atoms. The molecule has 2 atom stereocenters. The maximum Gasteiger partial charge on any atom is 0.326 e. The zero-order valence-electron chi connectivity index (χ0n) is 12.0. The minimum Gasteiger partial charge on any atom is -0.480 e. The summed E-state index contributed by atoms with van der Waals surface area (Å²) >= 11 is 0. The molecule has 6 heteroatoms. The predicted octanol–water partition coefficient (Wildman–Crippen LogP) is 0.978. The number of benzene rings is 1. The van der Waals surface area contributed by atoms with Crippen LogP contribution in [0.2, 0.25) is 0 Å². The molecule has 2 amide bonds. The molecule has 0 aromatic heterocycles. The molecule has 6 nitrogen and oxygen atoms in total. The van der Waals surface area contributed by atoms with E-state index in [0.29, 0.717) is 6.54 Å². The van der Waals surface area contributed by atoms with Crippen molar-refractivity contribution in [1.29, 1.82) is 0 Å². The molecular formula is C15H20N2O4. The highest BCUT2D eigenvalue weighted by Crippen LogP contribution is 2.18.